The molecule has 0 radical (unpaired) electrons. The van der Waals surface area contributed by atoms with Crippen LogP contribution in [0.3, 0.4) is 0 Å². The molecule has 23 heavy (non-hydrogen) atoms. The molecule has 0 spiro atoms. The predicted molar refractivity (Wildman–Crippen MR) is 85.9 cm³/mol. The number of hydrogen-bond donors (Lipinski definition) is 1. The van der Waals surface area contributed by atoms with E-state index in [-0.39, 0.29) is 5.82 Å². The van der Waals surface area contributed by atoms with Gasteiger partial charge in [-0.25, -0.2) is 9.37 Å². The molecular formula is C17H18FN5. The quantitative estimate of drug-likeness (QED) is 0.786. The highest BCUT2D eigenvalue weighted by Crippen LogP contribution is 2.42. The monoisotopic (exact) mass is 311 g/mol. The maximum atomic E-state index is 13.4. The summed E-state index contributed by atoms with van der Waals surface area (Å²) in [5.74, 6) is 1.68. The molecule has 0 bridgehead atoms. The maximum absolute atomic E-state index is 13.4. The number of aryl methyl sites for hydroxylation is 1. The standard InChI is InChI=1S/C17H18FN5/c1-2-4-13-8-16(23-17(21-13)19-10-20-23)22-15-9-14(15)11-5-3-6-12(18)7-11/h3,5-8,10,14-15,22H,2,4,9H2,1H3/t14-,15+/m0/s1. The van der Waals surface area contributed by atoms with Crippen molar-refractivity contribution in [1.82, 2.24) is 19.6 Å². The molecule has 4 rings (SSSR count). The van der Waals surface area contributed by atoms with E-state index in [1.807, 2.05) is 12.1 Å². The minimum Gasteiger partial charge on any atom is -0.366 e. The normalized spacial score (nSPS) is 19.9. The lowest BCUT2D eigenvalue weighted by Crippen LogP contribution is -2.11. The van der Waals surface area contributed by atoms with Gasteiger partial charge in [0.25, 0.3) is 5.78 Å². The fourth-order valence-corrected chi connectivity index (χ4v) is 3.00. The number of aromatic nitrogens is 4. The third-order valence-corrected chi connectivity index (χ3v) is 4.21. The van der Waals surface area contributed by atoms with E-state index in [0.29, 0.717) is 17.7 Å². The molecule has 1 saturated carbocycles. The van der Waals surface area contributed by atoms with Gasteiger partial charge in [0.1, 0.15) is 18.0 Å². The van der Waals surface area contributed by atoms with Crippen LogP contribution < -0.4 is 5.32 Å². The van der Waals surface area contributed by atoms with Crippen molar-refractivity contribution in [2.24, 2.45) is 0 Å². The highest BCUT2D eigenvalue weighted by Gasteiger charge is 2.39. The SMILES string of the molecule is CCCc1cc(N[C@@H]2C[C@H]2c2cccc(F)c2)n2ncnc2n1. The van der Waals surface area contributed by atoms with E-state index in [9.17, 15) is 4.39 Å². The van der Waals surface area contributed by atoms with Crippen LogP contribution in [-0.2, 0) is 6.42 Å². The van der Waals surface area contributed by atoms with E-state index in [4.69, 9.17) is 0 Å². The van der Waals surface area contributed by atoms with Crippen molar-refractivity contribution in [3.05, 3.63) is 53.7 Å². The molecule has 6 heteroatoms. The Kier molecular flexibility index (Phi) is 3.44. The molecule has 1 N–H and O–H groups in total. The molecule has 1 aromatic carbocycles. The molecule has 0 aliphatic heterocycles. The summed E-state index contributed by atoms with van der Waals surface area (Å²) < 4.78 is 15.1. The summed E-state index contributed by atoms with van der Waals surface area (Å²) in [5.41, 5.74) is 2.05. The van der Waals surface area contributed by atoms with Gasteiger partial charge in [-0.2, -0.15) is 14.6 Å². The zero-order valence-electron chi connectivity index (χ0n) is 12.9. The molecule has 2 atom stereocenters. The van der Waals surface area contributed by atoms with Crippen molar-refractivity contribution < 1.29 is 4.39 Å². The fraction of sp³-hybridized carbons (Fsp3) is 0.353. The van der Waals surface area contributed by atoms with E-state index < -0.39 is 0 Å². The lowest BCUT2D eigenvalue weighted by atomic mass is 10.1. The van der Waals surface area contributed by atoms with Gasteiger partial charge in [0, 0.05) is 23.7 Å². The first-order valence-electron chi connectivity index (χ1n) is 7.96. The molecule has 2 heterocycles. The Morgan fingerprint density at radius 1 is 1.35 bits per heavy atom. The smallest absolute Gasteiger partial charge is 0.254 e. The molecule has 0 saturated heterocycles. The number of fused-ring (bicyclic) bond motifs is 1. The summed E-state index contributed by atoms with van der Waals surface area (Å²) in [5, 5.41) is 7.74. The second-order valence-corrected chi connectivity index (χ2v) is 6.00. The first-order valence-corrected chi connectivity index (χ1v) is 7.96. The van der Waals surface area contributed by atoms with Gasteiger partial charge in [-0.15, -0.1) is 0 Å². The van der Waals surface area contributed by atoms with Crippen LogP contribution in [0.15, 0.2) is 36.7 Å². The highest BCUT2D eigenvalue weighted by molar-refractivity contribution is 5.48. The van der Waals surface area contributed by atoms with Gasteiger partial charge in [0.2, 0.25) is 0 Å². The molecule has 0 unspecified atom stereocenters. The van der Waals surface area contributed by atoms with Crippen LogP contribution in [0.2, 0.25) is 0 Å². The summed E-state index contributed by atoms with van der Waals surface area (Å²) in [6.45, 7) is 2.13. The average molecular weight is 311 g/mol. The first kappa shape index (κ1) is 14.1. The van der Waals surface area contributed by atoms with Crippen LogP contribution in [0.4, 0.5) is 10.2 Å². The zero-order valence-corrected chi connectivity index (χ0v) is 12.9. The second-order valence-electron chi connectivity index (χ2n) is 6.00. The first-order chi connectivity index (χ1) is 11.2. The van der Waals surface area contributed by atoms with Gasteiger partial charge in [0.15, 0.2) is 0 Å². The maximum Gasteiger partial charge on any atom is 0.254 e. The van der Waals surface area contributed by atoms with E-state index in [2.05, 4.69) is 27.3 Å². The Morgan fingerprint density at radius 2 is 2.26 bits per heavy atom. The average Bonchev–Trinajstić information content (AvgIpc) is 3.13. The van der Waals surface area contributed by atoms with E-state index in [1.54, 1.807) is 16.6 Å². The van der Waals surface area contributed by atoms with Crippen LogP contribution in [0.25, 0.3) is 5.78 Å². The summed E-state index contributed by atoms with van der Waals surface area (Å²) in [6.07, 6.45) is 4.45. The van der Waals surface area contributed by atoms with Crippen molar-refractivity contribution in [3.8, 4) is 0 Å². The van der Waals surface area contributed by atoms with Crippen molar-refractivity contribution in [1.29, 1.82) is 0 Å². The van der Waals surface area contributed by atoms with E-state index >= 15 is 0 Å². The summed E-state index contributed by atoms with van der Waals surface area (Å²) in [6, 6.07) is 9.17. The molecule has 1 aliphatic carbocycles. The molecule has 1 fully saturated rings. The molecule has 2 aromatic heterocycles. The largest absolute Gasteiger partial charge is 0.366 e. The Hall–Kier alpha value is -2.50. The van der Waals surface area contributed by atoms with Gasteiger partial charge >= 0.3 is 0 Å². The number of hydrogen-bond acceptors (Lipinski definition) is 4. The van der Waals surface area contributed by atoms with Gasteiger partial charge in [-0.1, -0.05) is 25.5 Å². The molecular weight excluding hydrogens is 293 g/mol. The molecule has 1 aliphatic rings. The Labute approximate surface area is 133 Å². The number of anilines is 1. The van der Waals surface area contributed by atoms with Crippen molar-refractivity contribution >= 4 is 11.6 Å². The summed E-state index contributed by atoms with van der Waals surface area (Å²) in [7, 11) is 0. The molecule has 0 amide bonds. The summed E-state index contributed by atoms with van der Waals surface area (Å²) >= 11 is 0. The Balaban J connectivity index is 1.57. The molecule has 3 aromatic rings. The van der Waals surface area contributed by atoms with Crippen LogP contribution >= 0.6 is 0 Å². The minimum atomic E-state index is -0.180. The molecule has 5 nitrogen and oxygen atoms in total. The highest BCUT2D eigenvalue weighted by atomic mass is 19.1. The number of benzene rings is 1. The minimum absolute atomic E-state index is 0.180. The van der Waals surface area contributed by atoms with Crippen LogP contribution in [0, 0.1) is 5.82 Å². The van der Waals surface area contributed by atoms with Crippen molar-refractivity contribution in [2.45, 2.75) is 38.1 Å². The Morgan fingerprint density at radius 3 is 3.09 bits per heavy atom. The Bertz CT molecular complexity index is 844. The van der Waals surface area contributed by atoms with Crippen LogP contribution in [0.1, 0.15) is 36.9 Å². The van der Waals surface area contributed by atoms with E-state index in [1.165, 1.54) is 12.4 Å². The number of nitrogens with one attached hydrogen (secondary N) is 1. The zero-order chi connectivity index (χ0) is 15.8. The second kappa shape index (κ2) is 5.61. The van der Waals surface area contributed by atoms with Gasteiger partial charge in [-0.05, 0) is 30.5 Å². The number of rotatable bonds is 5. The lowest BCUT2D eigenvalue weighted by Gasteiger charge is -2.09. The lowest BCUT2D eigenvalue weighted by molar-refractivity contribution is 0.625. The predicted octanol–water partition coefficient (Wildman–Crippen LogP) is 3.18. The van der Waals surface area contributed by atoms with Crippen molar-refractivity contribution in [2.75, 3.05) is 5.32 Å². The summed E-state index contributed by atoms with van der Waals surface area (Å²) in [4.78, 5) is 8.69. The number of halogens is 1. The molecule has 118 valence electrons. The van der Waals surface area contributed by atoms with Crippen LogP contribution in [0.5, 0.6) is 0 Å². The van der Waals surface area contributed by atoms with Gasteiger partial charge in [0.05, 0.1) is 0 Å². The van der Waals surface area contributed by atoms with Gasteiger partial charge < -0.3 is 5.32 Å². The van der Waals surface area contributed by atoms with E-state index in [0.717, 1.165) is 36.3 Å². The third-order valence-electron chi connectivity index (χ3n) is 4.21. The fourth-order valence-electron chi connectivity index (χ4n) is 3.00. The van der Waals surface area contributed by atoms with Crippen LogP contribution in [-0.4, -0.2) is 25.6 Å². The topological polar surface area (TPSA) is 55.1 Å². The number of nitrogens with zero attached hydrogens (tertiary/aromatic N) is 4. The third kappa shape index (κ3) is 2.76. The van der Waals surface area contributed by atoms with Crippen molar-refractivity contribution in [3.63, 3.8) is 0 Å². The van der Waals surface area contributed by atoms with Gasteiger partial charge in [-0.3, -0.25) is 0 Å².